The average Bonchev–Trinajstić information content (AvgIpc) is 2.85. The highest BCUT2D eigenvalue weighted by atomic mass is 79.9. The molecule has 0 aliphatic rings. The minimum Gasteiger partial charge on any atom is -0.477 e. The Morgan fingerprint density at radius 1 is 0.611 bits per heavy atom. The Hall–Kier alpha value is 0.440. The highest BCUT2D eigenvalue weighted by molar-refractivity contribution is 9.11. The molecular formula is C24H34Br4N4O2S2. The van der Waals surface area contributed by atoms with Gasteiger partial charge in [0, 0.05) is 45.9 Å². The quantitative estimate of drug-likeness (QED) is 0.0979. The number of pyridine rings is 2. The maximum Gasteiger partial charge on any atom is 0.228 e. The summed E-state index contributed by atoms with van der Waals surface area (Å²) in [5.41, 5.74) is 0. The smallest absolute Gasteiger partial charge is 0.228 e. The zero-order valence-electron chi connectivity index (χ0n) is 20.2. The van der Waals surface area contributed by atoms with Crippen molar-refractivity contribution in [3.8, 4) is 11.8 Å². The van der Waals surface area contributed by atoms with E-state index in [0.29, 0.717) is 25.0 Å². The van der Waals surface area contributed by atoms with Gasteiger partial charge >= 0.3 is 0 Å². The van der Waals surface area contributed by atoms with Crippen molar-refractivity contribution >= 4 is 85.3 Å². The molecule has 2 heterocycles. The SMILES string of the molecule is Brc1cnc(OCCCCCNCCSSCCNCCCCCOc2ncc(Br)cc2Br)c(Br)c1. The van der Waals surface area contributed by atoms with Crippen LogP contribution in [0.4, 0.5) is 0 Å². The molecule has 6 nitrogen and oxygen atoms in total. The van der Waals surface area contributed by atoms with E-state index in [-0.39, 0.29) is 0 Å². The van der Waals surface area contributed by atoms with Crippen LogP contribution >= 0.6 is 85.3 Å². The lowest BCUT2D eigenvalue weighted by atomic mass is 10.2. The van der Waals surface area contributed by atoms with E-state index >= 15 is 0 Å². The lowest BCUT2D eigenvalue weighted by molar-refractivity contribution is 0.291. The van der Waals surface area contributed by atoms with E-state index in [9.17, 15) is 0 Å². The molecule has 0 saturated carbocycles. The number of nitrogens with zero attached hydrogens (tertiary/aromatic N) is 2. The van der Waals surface area contributed by atoms with Crippen LogP contribution in [-0.4, -0.2) is 60.9 Å². The molecule has 36 heavy (non-hydrogen) atoms. The Balaban J connectivity index is 1.26. The maximum atomic E-state index is 5.72. The predicted octanol–water partition coefficient (Wildman–Crippen LogP) is 7.89. The molecule has 0 spiro atoms. The van der Waals surface area contributed by atoms with E-state index in [1.165, 1.54) is 12.8 Å². The largest absolute Gasteiger partial charge is 0.477 e. The summed E-state index contributed by atoms with van der Waals surface area (Å²) >= 11 is 13.7. The number of halogens is 4. The first-order chi connectivity index (χ1) is 17.6. The van der Waals surface area contributed by atoms with Gasteiger partial charge in [0.15, 0.2) is 0 Å². The van der Waals surface area contributed by atoms with E-state index < -0.39 is 0 Å². The van der Waals surface area contributed by atoms with Crippen molar-refractivity contribution in [2.24, 2.45) is 0 Å². The lowest BCUT2D eigenvalue weighted by Crippen LogP contribution is -2.19. The number of aromatic nitrogens is 2. The monoisotopic (exact) mass is 790 g/mol. The minimum atomic E-state index is 0.658. The summed E-state index contributed by atoms with van der Waals surface area (Å²) in [5.74, 6) is 3.60. The fourth-order valence-electron chi connectivity index (χ4n) is 3.01. The van der Waals surface area contributed by atoms with Gasteiger partial charge in [-0.1, -0.05) is 21.6 Å². The van der Waals surface area contributed by atoms with Crippen LogP contribution in [0.3, 0.4) is 0 Å². The molecule has 0 radical (unpaired) electrons. The van der Waals surface area contributed by atoms with Gasteiger partial charge in [-0.2, -0.15) is 0 Å². The average molecular weight is 794 g/mol. The first-order valence-electron chi connectivity index (χ1n) is 12.1. The zero-order valence-corrected chi connectivity index (χ0v) is 28.2. The van der Waals surface area contributed by atoms with Gasteiger partial charge in [0.25, 0.3) is 0 Å². The van der Waals surface area contributed by atoms with Gasteiger partial charge in [-0.3, -0.25) is 0 Å². The second-order valence-corrected chi connectivity index (χ2v) is 14.1. The van der Waals surface area contributed by atoms with Gasteiger partial charge < -0.3 is 20.1 Å². The Kier molecular flexibility index (Phi) is 19.3. The molecule has 0 aliphatic heterocycles. The number of hydrogen-bond acceptors (Lipinski definition) is 8. The zero-order chi connectivity index (χ0) is 25.8. The van der Waals surface area contributed by atoms with E-state index in [4.69, 9.17) is 9.47 Å². The standard InChI is InChI=1S/C24H34Br4N4O2S2/c25-19-15-21(27)23(31-17-19)33-11-5-1-3-7-29-9-13-35-36-14-10-30-8-4-2-6-12-34-24-22(28)16-20(26)18-32-24/h15-18,29-30H,1-14H2. The molecule has 0 fully saturated rings. The summed E-state index contributed by atoms with van der Waals surface area (Å²) in [6.45, 7) is 5.65. The molecule has 0 saturated heterocycles. The van der Waals surface area contributed by atoms with Gasteiger partial charge in [-0.25, -0.2) is 9.97 Å². The van der Waals surface area contributed by atoms with Crippen LogP contribution in [0, 0.1) is 0 Å². The molecule has 0 atom stereocenters. The Bertz CT molecular complexity index is 801. The predicted molar refractivity (Wildman–Crippen MR) is 169 cm³/mol. The Morgan fingerprint density at radius 3 is 1.47 bits per heavy atom. The molecule has 0 bridgehead atoms. The van der Waals surface area contributed by atoms with Crippen LogP contribution in [0.5, 0.6) is 11.8 Å². The molecule has 202 valence electrons. The van der Waals surface area contributed by atoms with Crippen LogP contribution in [0.15, 0.2) is 42.4 Å². The van der Waals surface area contributed by atoms with Gasteiger partial charge in [0.1, 0.15) is 0 Å². The molecule has 0 unspecified atom stereocenters. The molecular weight excluding hydrogens is 760 g/mol. The summed E-state index contributed by atoms with van der Waals surface area (Å²) in [6.07, 6.45) is 10.2. The normalized spacial score (nSPS) is 11.1. The topological polar surface area (TPSA) is 68.3 Å². The molecule has 2 aromatic heterocycles. The summed E-state index contributed by atoms with van der Waals surface area (Å²) < 4.78 is 15.1. The molecule has 2 N–H and O–H groups in total. The highest BCUT2D eigenvalue weighted by Gasteiger charge is 2.04. The van der Waals surface area contributed by atoms with E-state index in [0.717, 1.165) is 81.3 Å². The van der Waals surface area contributed by atoms with Crippen molar-refractivity contribution in [2.45, 2.75) is 38.5 Å². The summed E-state index contributed by atoms with van der Waals surface area (Å²) in [7, 11) is 3.90. The summed E-state index contributed by atoms with van der Waals surface area (Å²) in [4.78, 5) is 8.53. The van der Waals surface area contributed by atoms with Gasteiger partial charge in [0.2, 0.25) is 11.8 Å². The first-order valence-corrected chi connectivity index (χ1v) is 17.8. The summed E-state index contributed by atoms with van der Waals surface area (Å²) in [6, 6.07) is 3.89. The Labute approximate surface area is 256 Å². The molecule has 0 aromatic carbocycles. The molecule has 2 aromatic rings. The summed E-state index contributed by atoms with van der Waals surface area (Å²) in [5, 5.41) is 7.05. The third-order valence-electron chi connectivity index (χ3n) is 4.83. The highest BCUT2D eigenvalue weighted by Crippen LogP contribution is 2.26. The fourth-order valence-corrected chi connectivity index (χ4v) is 7.11. The lowest BCUT2D eigenvalue weighted by Gasteiger charge is -2.08. The van der Waals surface area contributed by atoms with E-state index in [1.807, 2.05) is 33.7 Å². The minimum absolute atomic E-state index is 0.658. The molecule has 2 rings (SSSR count). The molecule has 12 heteroatoms. The number of unbranched alkanes of at least 4 members (excludes halogenated alkanes) is 4. The number of rotatable bonds is 21. The second-order valence-electron chi connectivity index (χ2n) is 7.84. The van der Waals surface area contributed by atoms with Crippen LogP contribution in [0.1, 0.15) is 38.5 Å². The van der Waals surface area contributed by atoms with Gasteiger partial charge in [0.05, 0.1) is 22.2 Å². The molecule has 0 aliphatic carbocycles. The van der Waals surface area contributed by atoms with Crippen molar-refractivity contribution in [2.75, 3.05) is 50.9 Å². The number of nitrogens with one attached hydrogen (secondary N) is 2. The van der Waals surface area contributed by atoms with Crippen molar-refractivity contribution in [1.29, 1.82) is 0 Å². The van der Waals surface area contributed by atoms with Crippen LogP contribution in [0.25, 0.3) is 0 Å². The van der Waals surface area contributed by atoms with Crippen molar-refractivity contribution < 1.29 is 9.47 Å². The van der Waals surface area contributed by atoms with E-state index in [2.05, 4.69) is 84.3 Å². The van der Waals surface area contributed by atoms with Gasteiger partial charge in [-0.05, 0) is 127 Å². The first kappa shape index (κ1) is 32.7. The third-order valence-corrected chi connectivity index (χ3v) is 9.24. The van der Waals surface area contributed by atoms with Gasteiger partial charge in [-0.15, -0.1) is 0 Å². The van der Waals surface area contributed by atoms with Crippen LogP contribution in [-0.2, 0) is 0 Å². The van der Waals surface area contributed by atoms with E-state index in [1.54, 1.807) is 12.4 Å². The van der Waals surface area contributed by atoms with Crippen molar-refractivity contribution in [3.05, 3.63) is 42.4 Å². The Morgan fingerprint density at radius 2 is 1.06 bits per heavy atom. The van der Waals surface area contributed by atoms with Crippen LogP contribution in [0.2, 0.25) is 0 Å². The number of ether oxygens (including phenoxy) is 2. The fraction of sp³-hybridized carbons (Fsp3) is 0.583. The second kappa shape index (κ2) is 21.3. The third kappa shape index (κ3) is 15.8. The molecule has 0 amide bonds. The van der Waals surface area contributed by atoms with Crippen molar-refractivity contribution in [3.63, 3.8) is 0 Å². The maximum absolute atomic E-state index is 5.72. The van der Waals surface area contributed by atoms with Crippen molar-refractivity contribution in [1.82, 2.24) is 20.6 Å². The number of hydrogen-bond donors (Lipinski definition) is 2. The van der Waals surface area contributed by atoms with Crippen LogP contribution < -0.4 is 20.1 Å².